The molecule has 0 heterocycles. The van der Waals surface area contributed by atoms with Gasteiger partial charge in [0, 0.05) is 6.04 Å². The molecule has 0 saturated heterocycles. The summed E-state index contributed by atoms with van der Waals surface area (Å²) in [5, 5.41) is 0. The van der Waals surface area contributed by atoms with Crippen LogP contribution in [-0.2, 0) is 0 Å². The van der Waals surface area contributed by atoms with Crippen LogP contribution in [0.2, 0.25) is 0 Å². The minimum Gasteiger partial charge on any atom is -0.328 e. The Morgan fingerprint density at radius 1 is 1.07 bits per heavy atom. The van der Waals surface area contributed by atoms with Crippen molar-refractivity contribution in [1.29, 1.82) is 0 Å². The van der Waals surface area contributed by atoms with E-state index >= 15 is 0 Å². The van der Waals surface area contributed by atoms with Crippen molar-refractivity contribution < 1.29 is 0 Å². The van der Waals surface area contributed by atoms with Crippen molar-refractivity contribution in [1.82, 2.24) is 0 Å². The van der Waals surface area contributed by atoms with Crippen LogP contribution in [0.5, 0.6) is 0 Å². The van der Waals surface area contributed by atoms with Crippen LogP contribution in [0, 0.1) is 23.2 Å². The molecule has 3 aliphatic rings. The third-order valence-electron chi connectivity index (χ3n) is 5.19. The Morgan fingerprint density at radius 3 is 2.14 bits per heavy atom. The number of nitrogens with two attached hydrogens (primary N) is 1. The fourth-order valence-electron chi connectivity index (χ4n) is 4.46. The third-order valence-corrected chi connectivity index (χ3v) is 5.19. The topological polar surface area (TPSA) is 26.0 Å². The highest BCUT2D eigenvalue weighted by Crippen LogP contribution is 2.70. The Hall–Kier alpha value is -0.300. The average Bonchev–Trinajstić information content (AvgIpc) is 2.16. The van der Waals surface area contributed by atoms with Gasteiger partial charge in [-0.2, -0.15) is 0 Å². The van der Waals surface area contributed by atoms with Crippen LogP contribution >= 0.6 is 0 Å². The van der Waals surface area contributed by atoms with Gasteiger partial charge in [0.25, 0.3) is 0 Å². The van der Waals surface area contributed by atoms with E-state index < -0.39 is 0 Å². The molecule has 78 valence electrons. The second-order valence-electron chi connectivity index (χ2n) is 5.81. The minimum atomic E-state index is 0.496. The highest BCUT2D eigenvalue weighted by molar-refractivity contribution is 5.19. The lowest BCUT2D eigenvalue weighted by molar-refractivity contribution is -0.162. The smallest absolute Gasteiger partial charge is 0.00390 e. The molecule has 0 aliphatic heterocycles. The molecule has 1 heteroatoms. The zero-order valence-corrected chi connectivity index (χ0v) is 8.91. The summed E-state index contributed by atoms with van der Waals surface area (Å²) >= 11 is 0. The summed E-state index contributed by atoms with van der Waals surface area (Å²) in [5.41, 5.74) is 6.65. The molecule has 5 atom stereocenters. The van der Waals surface area contributed by atoms with Crippen molar-refractivity contribution in [2.75, 3.05) is 0 Å². The van der Waals surface area contributed by atoms with Crippen LogP contribution in [0.25, 0.3) is 0 Å². The molecule has 0 aromatic rings. The van der Waals surface area contributed by atoms with Crippen molar-refractivity contribution in [3.8, 4) is 0 Å². The first kappa shape index (κ1) is 8.96. The quantitative estimate of drug-likeness (QED) is 0.634. The van der Waals surface area contributed by atoms with Crippen molar-refractivity contribution >= 4 is 0 Å². The monoisotopic (exact) mass is 191 g/mol. The van der Waals surface area contributed by atoms with Gasteiger partial charge in [0.05, 0.1) is 0 Å². The molecule has 0 amide bonds. The molecular formula is C13H21N. The number of hydrogen-bond donors (Lipinski definition) is 1. The van der Waals surface area contributed by atoms with Crippen LogP contribution in [0.1, 0.15) is 38.5 Å². The minimum absolute atomic E-state index is 0.496. The first-order valence-electron chi connectivity index (χ1n) is 6.14. The molecule has 0 aromatic carbocycles. The molecule has 2 N–H and O–H groups in total. The van der Waals surface area contributed by atoms with Gasteiger partial charge >= 0.3 is 0 Å². The second kappa shape index (κ2) is 2.85. The third kappa shape index (κ3) is 0.995. The SMILES string of the molecule is C=CC12CC3CC[C@H](N)CC[C@H](C1)C32. The molecule has 3 rings (SSSR count). The predicted octanol–water partition coefficient (Wildman–Crippen LogP) is 2.72. The standard InChI is InChI=1S/C13H21N/c1-2-13-7-9-3-5-11(14)6-4-10(8-13)12(9)13/h2,9-12H,1,3-8,14H2/t9-,10?,11-,12?,13?/m1/s1. The number of hydrogen-bond acceptors (Lipinski definition) is 1. The van der Waals surface area contributed by atoms with Crippen LogP contribution in [0.15, 0.2) is 12.7 Å². The lowest BCUT2D eigenvalue weighted by Gasteiger charge is -2.68. The van der Waals surface area contributed by atoms with Gasteiger partial charge in [-0.05, 0) is 61.7 Å². The number of rotatable bonds is 1. The fourth-order valence-corrected chi connectivity index (χ4v) is 4.46. The molecule has 0 spiro atoms. The van der Waals surface area contributed by atoms with E-state index in [1.165, 1.54) is 38.5 Å². The molecule has 0 aromatic heterocycles. The van der Waals surface area contributed by atoms with Gasteiger partial charge in [-0.3, -0.25) is 0 Å². The largest absolute Gasteiger partial charge is 0.328 e. The van der Waals surface area contributed by atoms with E-state index in [0.29, 0.717) is 11.5 Å². The van der Waals surface area contributed by atoms with Crippen molar-refractivity contribution in [3.63, 3.8) is 0 Å². The molecule has 0 bridgehead atoms. The summed E-state index contributed by atoms with van der Waals surface area (Å²) < 4.78 is 0. The molecular weight excluding hydrogens is 170 g/mol. The van der Waals surface area contributed by atoms with Crippen LogP contribution in [-0.4, -0.2) is 6.04 Å². The zero-order valence-electron chi connectivity index (χ0n) is 8.91. The summed E-state index contributed by atoms with van der Waals surface area (Å²) in [7, 11) is 0. The van der Waals surface area contributed by atoms with E-state index in [2.05, 4.69) is 12.7 Å². The van der Waals surface area contributed by atoms with Gasteiger partial charge in [0.2, 0.25) is 0 Å². The van der Waals surface area contributed by atoms with Crippen molar-refractivity contribution in [3.05, 3.63) is 12.7 Å². The van der Waals surface area contributed by atoms with Gasteiger partial charge < -0.3 is 5.73 Å². The Morgan fingerprint density at radius 2 is 1.64 bits per heavy atom. The van der Waals surface area contributed by atoms with Gasteiger partial charge in [0.15, 0.2) is 0 Å². The summed E-state index contributed by atoms with van der Waals surface area (Å²) in [4.78, 5) is 0. The lowest BCUT2D eigenvalue weighted by atomic mass is 9.37. The van der Waals surface area contributed by atoms with E-state index in [1.54, 1.807) is 0 Å². The van der Waals surface area contributed by atoms with Crippen molar-refractivity contribution in [2.24, 2.45) is 28.9 Å². The molecule has 1 nitrogen and oxygen atoms in total. The molecule has 14 heavy (non-hydrogen) atoms. The maximum Gasteiger partial charge on any atom is 0.00390 e. The average molecular weight is 191 g/mol. The van der Waals surface area contributed by atoms with Gasteiger partial charge in [-0.25, -0.2) is 0 Å². The first-order valence-corrected chi connectivity index (χ1v) is 6.14. The Kier molecular flexibility index (Phi) is 1.82. The molecule has 3 saturated carbocycles. The molecule has 3 unspecified atom stereocenters. The number of allylic oxidation sites excluding steroid dienone is 1. The molecule has 0 radical (unpaired) electrons. The van der Waals surface area contributed by atoms with E-state index in [1.807, 2.05) is 0 Å². The van der Waals surface area contributed by atoms with Gasteiger partial charge in [-0.1, -0.05) is 6.08 Å². The van der Waals surface area contributed by atoms with Crippen LogP contribution in [0.3, 0.4) is 0 Å². The van der Waals surface area contributed by atoms with E-state index in [-0.39, 0.29) is 0 Å². The summed E-state index contributed by atoms with van der Waals surface area (Å²) in [6.45, 7) is 4.03. The van der Waals surface area contributed by atoms with E-state index in [4.69, 9.17) is 5.73 Å². The maximum atomic E-state index is 6.06. The first-order chi connectivity index (χ1) is 6.75. The molecule has 3 aliphatic carbocycles. The summed E-state index contributed by atoms with van der Waals surface area (Å²) in [6.07, 6.45) is 10.4. The summed E-state index contributed by atoms with van der Waals surface area (Å²) in [5.74, 6) is 3.00. The maximum absolute atomic E-state index is 6.06. The zero-order chi connectivity index (χ0) is 9.76. The normalized spacial score (nSPS) is 55.8. The summed E-state index contributed by atoms with van der Waals surface area (Å²) in [6, 6.07) is 0.496. The van der Waals surface area contributed by atoms with Crippen molar-refractivity contribution in [2.45, 2.75) is 44.6 Å². The second-order valence-corrected chi connectivity index (χ2v) is 5.81. The van der Waals surface area contributed by atoms with Crippen LogP contribution < -0.4 is 5.73 Å². The molecule has 3 fully saturated rings. The predicted molar refractivity (Wildman–Crippen MR) is 58.8 cm³/mol. The van der Waals surface area contributed by atoms with Gasteiger partial charge in [-0.15, -0.1) is 6.58 Å². The fraction of sp³-hybridized carbons (Fsp3) is 0.846. The Balaban J connectivity index is 1.74. The lowest BCUT2D eigenvalue weighted by Crippen LogP contribution is -2.60. The highest BCUT2D eigenvalue weighted by Gasteiger charge is 2.62. The Bertz CT molecular complexity index is 240. The van der Waals surface area contributed by atoms with Gasteiger partial charge in [0.1, 0.15) is 0 Å². The Labute approximate surface area is 86.8 Å². The van der Waals surface area contributed by atoms with E-state index in [0.717, 1.165) is 17.8 Å². The van der Waals surface area contributed by atoms with Crippen LogP contribution in [0.4, 0.5) is 0 Å². The van der Waals surface area contributed by atoms with E-state index in [9.17, 15) is 0 Å². The highest BCUT2D eigenvalue weighted by atomic mass is 14.7.